The number of hydrogen-bond donors (Lipinski definition) is 2. The fraction of sp³-hybridized carbons (Fsp3) is 0.333. The van der Waals surface area contributed by atoms with Gasteiger partial charge in [0, 0.05) is 30.8 Å². The average molecular weight is 482 g/mol. The minimum Gasteiger partial charge on any atom is -0.497 e. The van der Waals surface area contributed by atoms with Crippen molar-refractivity contribution in [3.05, 3.63) is 58.0 Å². The number of ether oxygens (including phenoxy) is 2. The molecule has 10 heteroatoms. The molecule has 4 rings (SSSR count). The third kappa shape index (κ3) is 5.45. The number of amides is 3. The van der Waals surface area contributed by atoms with Gasteiger partial charge in [-0.3, -0.25) is 4.79 Å². The first-order chi connectivity index (χ1) is 16.5. The number of nitrogens with zero attached hydrogens (tertiary/aromatic N) is 3. The number of aryl methyl sites for hydroxylation is 1. The molecule has 0 aliphatic carbocycles. The number of carbonyl (C=O) groups is 2. The van der Waals surface area contributed by atoms with Crippen molar-refractivity contribution >= 4 is 34.6 Å². The van der Waals surface area contributed by atoms with Gasteiger partial charge in [0.25, 0.3) is 5.91 Å². The largest absolute Gasteiger partial charge is 0.497 e. The molecular weight excluding hydrogens is 454 g/mol. The molecule has 2 N–H and O–H groups in total. The van der Waals surface area contributed by atoms with Gasteiger partial charge in [-0.1, -0.05) is 29.0 Å². The summed E-state index contributed by atoms with van der Waals surface area (Å²) >= 11 is 1.27. The fourth-order valence-electron chi connectivity index (χ4n) is 3.78. The molecule has 1 aliphatic rings. The normalized spacial score (nSPS) is 15.5. The van der Waals surface area contributed by atoms with E-state index in [9.17, 15) is 9.59 Å². The van der Waals surface area contributed by atoms with Gasteiger partial charge in [0.1, 0.15) is 16.5 Å². The van der Waals surface area contributed by atoms with E-state index in [1.54, 1.807) is 37.3 Å². The van der Waals surface area contributed by atoms with E-state index in [4.69, 9.17) is 9.47 Å². The Kier molecular flexibility index (Phi) is 7.27. The molecule has 2 aromatic carbocycles. The lowest BCUT2D eigenvalue weighted by molar-refractivity contribution is 0.102. The molecule has 1 atom stereocenters. The van der Waals surface area contributed by atoms with Gasteiger partial charge in [-0.2, -0.15) is 0 Å². The van der Waals surface area contributed by atoms with Gasteiger partial charge >= 0.3 is 6.03 Å². The lowest BCUT2D eigenvalue weighted by Gasteiger charge is -2.31. The third-order valence-corrected chi connectivity index (χ3v) is 6.73. The molecule has 1 aliphatic heterocycles. The molecule has 1 aromatic heterocycles. The SMILES string of the molecule is COc1ccc(OC)c(NC(=O)N2CCCC(c3nnc(C(=O)Nc4ccc(C)cc4)s3)C2)c1. The Hall–Kier alpha value is -3.66. The smallest absolute Gasteiger partial charge is 0.321 e. The Morgan fingerprint density at radius 3 is 2.59 bits per heavy atom. The number of anilines is 2. The topological polar surface area (TPSA) is 106 Å². The molecule has 0 spiro atoms. The number of piperidine rings is 1. The van der Waals surface area contributed by atoms with Crippen molar-refractivity contribution in [1.29, 1.82) is 0 Å². The van der Waals surface area contributed by atoms with Crippen molar-refractivity contribution in [2.75, 3.05) is 37.9 Å². The van der Waals surface area contributed by atoms with E-state index in [0.717, 1.165) is 23.4 Å². The van der Waals surface area contributed by atoms with Gasteiger partial charge < -0.3 is 25.0 Å². The van der Waals surface area contributed by atoms with Crippen molar-refractivity contribution in [3.63, 3.8) is 0 Å². The van der Waals surface area contributed by atoms with Crippen molar-refractivity contribution < 1.29 is 19.1 Å². The van der Waals surface area contributed by atoms with Crippen molar-refractivity contribution in [3.8, 4) is 11.5 Å². The Morgan fingerprint density at radius 2 is 1.85 bits per heavy atom. The summed E-state index contributed by atoms with van der Waals surface area (Å²) in [5.41, 5.74) is 2.37. The standard InChI is InChI=1S/C24H27N5O4S/c1-15-6-8-17(9-7-15)25-21(30)23-28-27-22(34-23)16-5-4-12-29(14-16)24(31)26-19-13-18(32-2)10-11-20(19)33-3/h6-11,13,16H,4-5,12,14H2,1-3H3,(H,25,30)(H,26,31). The molecule has 34 heavy (non-hydrogen) atoms. The van der Waals surface area contributed by atoms with Crippen LogP contribution in [0.3, 0.4) is 0 Å². The molecule has 3 aromatic rings. The van der Waals surface area contributed by atoms with Crippen LogP contribution in [-0.2, 0) is 0 Å². The van der Waals surface area contributed by atoms with Crippen LogP contribution in [0.4, 0.5) is 16.2 Å². The summed E-state index contributed by atoms with van der Waals surface area (Å²) in [6.45, 7) is 3.12. The number of hydrogen-bond acceptors (Lipinski definition) is 7. The first kappa shape index (κ1) is 23.5. The van der Waals surface area contributed by atoms with E-state index < -0.39 is 0 Å². The molecular formula is C24H27N5O4S. The van der Waals surface area contributed by atoms with E-state index in [1.807, 2.05) is 31.2 Å². The molecule has 0 bridgehead atoms. The van der Waals surface area contributed by atoms with Crippen molar-refractivity contribution in [2.24, 2.45) is 0 Å². The number of likely N-dealkylation sites (tertiary alicyclic amines) is 1. The van der Waals surface area contributed by atoms with E-state index in [0.29, 0.717) is 41.0 Å². The Balaban J connectivity index is 1.40. The molecule has 0 radical (unpaired) electrons. The number of aromatic nitrogens is 2. The summed E-state index contributed by atoms with van der Waals surface area (Å²) in [5.74, 6) is 0.905. The molecule has 178 valence electrons. The second-order valence-electron chi connectivity index (χ2n) is 8.05. The quantitative estimate of drug-likeness (QED) is 0.536. The third-order valence-electron chi connectivity index (χ3n) is 5.65. The van der Waals surface area contributed by atoms with Crippen LogP contribution in [0.15, 0.2) is 42.5 Å². The highest BCUT2D eigenvalue weighted by Gasteiger charge is 2.28. The minimum absolute atomic E-state index is 0.0186. The number of nitrogens with one attached hydrogen (secondary N) is 2. The number of rotatable bonds is 6. The Morgan fingerprint density at radius 1 is 1.06 bits per heavy atom. The summed E-state index contributed by atoms with van der Waals surface area (Å²) in [4.78, 5) is 27.3. The predicted octanol–water partition coefficient (Wildman–Crippen LogP) is 4.53. The maximum Gasteiger partial charge on any atom is 0.321 e. The van der Waals surface area contributed by atoms with Crippen molar-refractivity contribution in [2.45, 2.75) is 25.7 Å². The molecule has 0 saturated carbocycles. The second kappa shape index (κ2) is 10.5. The monoisotopic (exact) mass is 481 g/mol. The van der Waals surface area contributed by atoms with Crippen molar-refractivity contribution in [1.82, 2.24) is 15.1 Å². The van der Waals surface area contributed by atoms with Crippen LogP contribution < -0.4 is 20.1 Å². The molecule has 9 nitrogen and oxygen atoms in total. The number of urea groups is 1. The highest BCUT2D eigenvalue weighted by atomic mass is 32.1. The van der Waals surface area contributed by atoms with Crippen LogP contribution in [0, 0.1) is 6.92 Å². The van der Waals surface area contributed by atoms with Gasteiger partial charge in [0.15, 0.2) is 0 Å². The lowest BCUT2D eigenvalue weighted by Crippen LogP contribution is -2.41. The van der Waals surface area contributed by atoms with E-state index in [1.165, 1.54) is 11.3 Å². The maximum absolute atomic E-state index is 13.0. The average Bonchev–Trinajstić information content (AvgIpc) is 3.36. The van der Waals surface area contributed by atoms with Crippen LogP contribution in [-0.4, -0.2) is 54.3 Å². The van der Waals surface area contributed by atoms with Gasteiger partial charge in [-0.15, -0.1) is 10.2 Å². The molecule has 2 heterocycles. The van der Waals surface area contributed by atoms with E-state index in [-0.39, 0.29) is 17.9 Å². The first-order valence-electron chi connectivity index (χ1n) is 11.0. The zero-order valence-corrected chi connectivity index (χ0v) is 20.1. The summed E-state index contributed by atoms with van der Waals surface area (Å²) in [6, 6.07) is 12.6. The van der Waals surface area contributed by atoms with Gasteiger partial charge in [-0.05, 0) is 44.0 Å². The molecule has 3 amide bonds. The highest BCUT2D eigenvalue weighted by molar-refractivity contribution is 7.13. The maximum atomic E-state index is 13.0. The van der Waals surface area contributed by atoms with E-state index >= 15 is 0 Å². The van der Waals surface area contributed by atoms with Crippen LogP contribution >= 0.6 is 11.3 Å². The van der Waals surface area contributed by atoms with Crippen LogP contribution in [0.2, 0.25) is 0 Å². The second-order valence-corrected chi connectivity index (χ2v) is 9.06. The number of benzene rings is 2. The van der Waals surface area contributed by atoms with Gasteiger partial charge in [0.05, 0.1) is 19.9 Å². The lowest BCUT2D eigenvalue weighted by atomic mass is 9.99. The summed E-state index contributed by atoms with van der Waals surface area (Å²) in [6.07, 6.45) is 1.71. The van der Waals surface area contributed by atoms with Crippen LogP contribution in [0.25, 0.3) is 0 Å². The predicted molar refractivity (Wildman–Crippen MR) is 131 cm³/mol. The van der Waals surface area contributed by atoms with Gasteiger partial charge in [0.2, 0.25) is 5.01 Å². The molecule has 1 saturated heterocycles. The first-order valence-corrected chi connectivity index (χ1v) is 11.8. The van der Waals surface area contributed by atoms with Crippen LogP contribution in [0.5, 0.6) is 11.5 Å². The van der Waals surface area contributed by atoms with Crippen LogP contribution in [0.1, 0.15) is 39.1 Å². The Bertz CT molecular complexity index is 1160. The van der Waals surface area contributed by atoms with E-state index in [2.05, 4.69) is 20.8 Å². The zero-order chi connectivity index (χ0) is 24.1. The number of carbonyl (C=O) groups excluding carboxylic acids is 2. The minimum atomic E-state index is -0.289. The molecule has 1 fully saturated rings. The van der Waals surface area contributed by atoms with Gasteiger partial charge in [-0.25, -0.2) is 4.79 Å². The summed E-state index contributed by atoms with van der Waals surface area (Å²) in [5, 5.41) is 15.2. The highest BCUT2D eigenvalue weighted by Crippen LogP contribution is 2.32. The summed E-state index contributed by atoms with van der Waals surface area (Å²) in [7, 11) is 3.12. The summed E-state index contributed by atoms with van der Waals surface area (Å²) < 4.78 is 10.6. The molecule has 1 unspecified atom stereocenters. The number of methoxy groups -OCH3 is 2. The fourth-order valence-corrected chi connectivity index (χ4v) is 4.65. The zero-order valence-electron chi connectivity index (χ0n) is 19.3. The Labute approximate surface area is 202 Å².